The fourth-order valence-corrected chi connectivity index (χ4v) is 3.68. The average Bonchev–Trinajstić information content (AvgIpc) is 2.56. The summed E-state index contributed by atoms with van der Waals surface area (Å²) in [4.78, 5) is 8.73. The summed E-state index contributed by atoms with van der Waals surface area (Å²) in [5, 5.41) is 0. The summed E-state index contributed by atoms with van der Waals surface area (Å²) in [6.45, 7) is 2.30. The van der Waals surface area contributed by atoms with Gasteiger partial charge in [-0.25, -0.2) is 0 Å². The van der Waals surface area contributed by atoms with Gasteiger partial charge in [-0.1, -0.05) is 32.3 Å². The first-order valence-corrected chi connectivity index (χ1v) is 7.98. The quantitative estimate of drug-likeness (QED) is 0.667. The van der Waals surface area contributed by atoms with Gasteiger partial charge in [-0.05, 0) is 42.4 Å². The first-order valence-electron chi connectivity index (χ1n) is 7.98. The van der Waals surface area contributed by atoms with Crippen LogP contribution in [0.25, 0.3) is 11.0 Å². The molecule has 0 saturated heterocycles. The lowest BCUT2D eigenvalue weighted by molar-refractivity contribution is 0.210. The Morgan fingerprint density at radius 3 is 2.81 bits per heavy atom. The largest absolute Gasteiger partial charge is 0.271 e. The molecule has 112 valence electrons. The maximum absolute atomic E-state index is 5.88. The molecule has 1 fully saturated rings. The van der Waals surface area contributed by atoms with E-state index in [2.05, 4.69) is 34.5 Å². The van der Waals surface area contributed by atoms with Crippen LogP contribution in [-0.4, -0.2) is 9.97 Å². The van der Waals surface area contributed by atoms with Gasteiger partial charge in [-0.2, -0.15) is 0 Å². The highest BCUT2D eigenvalue weighted by molar-refractivity contribution is 5.74. The molecule has 3 atom stereocenters. The molecule has 3 N–H and O–H groups in total. The summed E-state index contributed by atoms with van der Waals surface area (Å²) in [6.07, 6.45) is 9.95. The number of nitrogens with zero attached hydrogens (tertiary/aromatic N) is 2. The minimum Gasteiger partial charge on any atom is -0.271 e. The molecule has 3 unspecified atom stereocenters. The van der Waals surface area contributed by atoms with Crippen molar-refractivity contribution in [3.8, 4) is 0 Å². The number of nitrogens with two attached hydrogens (primary N) is 1. The van der Waals surface area contributed by atoms with Crippen molar-refractivity contribution in [1.29, 1.82) is 0 Å². The molecule has 1 aromatic heterocycles. The van der Waals surface area contributed by atoms with Gasteiger partial charge in [0.05, 0.1) is 11.0 Å². The molecular weight excluding hydrogens is 260 g/mol. The monoisotopic (exact) mass is 284 g/mol. The summed E-state index contributed by atoms with van der Waals surface area (Å²) in [6, 6.07) is 6.52. The van der Waals surface area contributed by atoms with Gasteiger partial charge in [0.25, 0.3) is 0 Å². The van der Waals surface area contributed by atoms with Gasteiger partial charge >= 0.3 is 0 Å². The third-order valence-corrected chi connectivity index (χ3v) is 4.90. The van der Waals surface area contributed by atoms with Crippen LogP contribution in [0, 0.1) is 11.8 Å². The Bertz CT molecular complexity index is 598. The molecule has 1 heterocycles. The van der Waals surface area contributed by atoms with Crippen LogP contribution in [0.1, 0.15) is 50.6 Å². The highest BCUT2D eigenvalue weighted by Gasteiger charge is 2.28. The Morgan fingerprint density at radius 2 is 2.05 bits per heavy atom. The second-order valence-corrected chi connectivity index (χ2v) is 6.15. The number of benzene rings is 1. The Kier molecular flexibility index (Phi) is 4.46. The number of hydrazine groups is 1. The standard InChI is InChI=1S/C17H24N4/c1-2-12-4-3-5-13(10-12)17(21-18)14-6-7-15-16(11-14)20-9-8-19-15/h6-9,11-13,17,21H,2-5,10,18H2,1H3. The van der Waals surface area contributed by atoms with E-state index in [0.29, 0.717) is 5.92 Å². The van der Waals surface area contributed by atoms with Gasteiger partial charge in [-0.15, -0.1) is 0 Å². The van der Waals surface area contributed by atoms with E-state index >= 15 is 0 Å². The molecule has 0 amide bonds. The molecular formula is C17H24N4. The van der Waals surface area contributed by atoms with Crippen molar-refractivity contribution in [1.82, 2.24) is 15.4 Å². The fourth-order valence-electron chi connectivity index (χ4n) is 3.68. The van der Waals surface area contributed by atoms with E-state index in [1.165, 1.54) is 37.7 Å². The highest BCUT2D eigenvalue weighted by Crippen LogP contribution is 2.38. The van der Waals surface area contributed by atoms with Gasteiger partial charge in [0.15, 0.2) is 0 Å². The average molecular weight is 284 g/mol. The molecule has 0 bridgehead atoms. The third-order valence-electron chi connectivity index (χ3n) is 4.90. The van der Waals surface area contributed by atoms with Crippen molar-refractivity contribution in [2.24, 2.45) is 17.7 Å². The van der Waals surface area contributed by atoms with Crippen LogP contribution >= 0.6 is 0 Å². The third kappa shape index (κ3) is 3.06. The van der Waals surface area contributed by atoms with E-state index in [9.17, 15) is 0 Å². The molecule has 1 saturated carbocycles. The topological polar surface area (TPSA) is 63.8 Å². The molecule has 0 spiro atoms. The molecule has 0 aliphatic heterocycles. The maximum Gasteiger partial charge on any atom is 0.0890 e. The number of fused-ring (bicyclic) bond motifs is 1. The van der Waals surface area contributed by atoms with E-state index < -0.39 is 0 Å². The van der Waals surface area contributed by atoms with Crippen LogP contribution in [0.3, 0.4) is 0 Å². The molecule has 0 radical (unpaired) electrons. The predicted molar refractivity (Wildman–Crippen MR) is 85.3 cm³/mol. The Morgan fingerprint density at radius 1 is 1.24 bits per heavy atom. The van der Waals surface area contributed by atoms with Crippen molar-refractivity contribution < 1.29 is 0 Å². The summed E-state index contributed by atoms with van der Waals surface area (Å²) in [7, 11) is 0. The number of hydrogen-bond acceptors (Lipinski definition) is 4. The lowest BCUT2D eigenvalue weighted by Crippen LogP contribution is -2.35. The lowest BCUT2D eigenvalue weighted by Gasteiger charge is -2.34. The Labute approximate surface area is 126 Å². The highest BCUT2D eigenvalue weighted by atomic mass is 15.2. The van der Waals surface area contributed by atoms with Crippen LogP contribution in [0.2, 0.25) is 0 Å². The van der Waals surface area contributed by atoms with Crippen LogP contribution in [0.5, 0.6) is 0 Å². The van der Waals surface area contributed by atoms with E-state index in [-0.39, 0.29) is 6.04 Å². The first kappa shape index (κ1) is 14.4. The van der Waals surface area contributed by atoms with E-state index in [4.69, 9.17) is 5.84 Å². The van der Waals surface area contributed by atoms with Crippen LogP contribution < -0.4 is 11.3 Å². The fraction of sp³-hybridized carbons (Fsp3) is 0.529. The number of rotatable bonds is 4. The van der Waals surface area contributed by atoms with Gasteiger partial charge in [0.1, 0.15) is 0 Å². The van der Waals surface area contributed by atoms with Crippen LogP contribution in [0.15, 0.2) is 30.6 Å². The van der Waals surface area contributed by atoms with Crippen molar-refractivity contribution in [3.63, 3.8) is 0 Å². The van der Waals surface area contributed by atoms with E-state index in [1.54, 1.807) is 12.4 Å². The Balaban J connectivity index is 1.86. The second kappa shape index (κ2) is 6.50. The summed E-state index contributed by atoms with van der Waals surface area (Å²) >= 11 is 0. The number of hydrogen-bond donors (Lipinski definition) is 2. The molecule has 4 nitrogen and oxygen atoms in total. The van der Waals surface area contributed by atoms with E-state index in [1.807, 2.05) is 6.07 Å². The summed E-state index contributed by atoms with van der Waals surface area (Å²) < 4.78 is 0. The summed E-state index contributed by atoms with van der Waals surface area (Å²) in [5.41, 5.74) is 6.16. The zero-order chi connectivity index (χ0) is 14.7. The van der Waals surface area contributed by atoms with E-state index in [0.717, 1.165) is 17.0 Å². The molecule has 3 rings (SSSR count). The number of nitrogens with one attached hydrogen (secondary N) is 1. The molecule has 1 aliphatic rings. The van der Waals surface area contributed by atoms with Crippen molar-refractivity contribution >= 4 is 11.0 Å². The second-order valence-electron chi connectivity index (χ2n) is 6.15. The van der Waals surface area contributed by atoms with Gasteiger partial charge in [-0.3, -0.25) is 21.2 Å². The minimum absolute atomic E-state index is 0.214. The number of aromatic nitrogens is 2. The predicted octanol–water partition coefficient (Wildman–Crippen LogP) is 3.35. The first-order chi connectivity index (χ1) is 10.3. The molecule has 1 aromatic carbocycles. The zero-order valence-corrected chi connectivity index (χ0v) is 12.6. The van der Waals surface area contributed by atoms with Gasteiger partial charge in [0.2, 0.25) is 0 Å². The zero-order valence-electron chi connectivity index (χ0n) is 12.6. The van der Waals surface area contributed by atoms with Gasteiger partial charge in [0, 0.05) is 18.4 Å². The maximum atomic E-state index is 5.88. The Hall–Kier alpha value is -1.52. The normalized spacial score (nSPS) is 24.1. The lowest BCUT2D eigenvalue weighted by atomic mass is 9.75. The van der Waals surface area contributed by atoms with Crippen molar-refractivity contribution in [2.45, 2.75) is 45.1 Å². The SMILES string of the molecule is CCC1CCCC(C(NN)c2ccc3nccnc3c2)C1. The smallest absolute Gasteiger partial charge is 0.0890 e. The van der Waals surface area contributed by atoms with Crippen molar-refractivity contribution in [2.75, 3.05) is 0 Å². The molecule has 1 aliphatic carbocycles. The minimum atomic E-state index is 0.214. The molecule has 4 heteroatoms. The molecule has 21 heavy (non-hydrogen) atoms. The molecule has 2 aromatic rings. The van der Waals surface area contributed by atoms with Gasteiger partial charge < -0.3 is 0 Å². The van der Waals surface area contributed by atoms with Crippen LogP contribution in [0.4, 0.5) is 0 Å². The van der Waals surface area contributed by atoms with Crippen molar-refractivity contribution in [3.05, 3.63) is 36.2 Å². The van der Waals surface area contributed by atoms with Crippen LogP contribution in [-0.2, 0) is 0 Å². The summed E-state index contributed by atoms with van der Waals surface area (Å²) in [5.74, 6) is 7.34.